The molecular weight excluding hydrogens is 258 g/mol. The molecule has 1 atom stereocenters. The number of methoxy groups -OCH3 is 1. The van der Waals surface area contributed by atoms with Crippen molar-refractivity contribution in [2.75, 3.05) is 33.4 Å². The molecule has 0 saturated heterocycles. The van der Waals surface area contributed by atoms with E-state index in [1.807, 2.05) is 11.8 Å². The molecule has 0 bridgehead atoms. The Morgan fingerprint density at radius 1 is 1.42 bits per heavy atom. The van der Waals surface area contributed by atoms with Gasteiger partial charge in [-0.2, -0.15) is 0 Å². The average Bonchev–Trinajstić information content (AvgIpc) is 2.77. The fourth-order valence-corrected chi connectivity index (χ4v) is 3.75. The molecule has 5 heteroatoms. The Balaban J connectivity index is 2.77. The first kappa shape index (κ1) is 16.8. The molecule has 0 saturated carbocycles. The van der Waals surface area contributed by atoms with E-state index in [1.54, 1.807) is 7.11 Å². The van der Waals surface area contributed by atoms with Gasteiger partial charge in [0.05, 0.1) is 6.61 Å². The molecule has 1 heterocycles. The highest BCUT2D eigenvalue weighted by atomic mass is 32.2. The van der Waals surface area contributed by atoms with Gasteiger partial charge in [-0.25, -0.2) is 0 Å². The lowest BCUT2D eigenvalue weighted by atomic mass is 10.2. The highest BCUT2D eigenvalue weighted by molar-refractivity contribution is 8.02. The van der Waals surface area contributed by atoms with Crippen LogP contribution in [0.4, 0.5) is 0 Å². The first-order valence-electron chi connectivity index (χ1n) is 7.07. The summed E-state index contributed by atoms with van der Waals surface area (Å²) in [5, 5.41) is 2.21. The molecule has 1 unspecified atom stereocenters. The Morgan fingerprint density at radius 3 is 2.58 bits per heavy atom. The summed E-state index contributed by atoms with van der Waals surface area (Å²) in [6, 6.07) is 0.465. The fraction of sp³-hybridized carbons (Fsp3) is 0.857. The fourth-order valence-electron chi connectivity index (χ4n) is 2.38. The first-order chi connectivity index (χ1) is 9.01. The van der Waals surface area contributed by atoms with E-state index in [0.29, 0.717) is 24.0 Å². The number of thioether (sulfide) groups is 1. The highest BCUT2D eigenvalue weighted by Gasteiger charge is 2.32. The van der Waals surface area contributed by atoms with Crippen LogP contribution in [0.5, 0.6) is 0 Å². The van der Waals surface area contributed by atoms with Gasteiger partial charge in [-0.3, -0.25) is 4.90 Å². The van der Waals surface area contributed by atoms with Crippen molar-refractivity contribution in [1.82, 2.24) is 9.80 Å². The van der Waals surface area contributed by atoms with Crippen molar-refractivity contribution in [3.63, 3.8) is 0 Å². The van der Waals surface area contributed by atoms with Crippen LogP contribution in [0.3, 0.4) is 0 Å². The molecule has 112 valence electrons. The lowest BCUT2D eigenvalue weighted by Gasteiger charge is -2.40. The minimum absolute atomic E-state index is 0.357. The van der Waals surface area contributed by atoms with Crippen molar-refractivity contribution in [2.24, 2.45) is 11.7 Å². The molecule has 0 spiro atoms. The van der Waals surface area contributed by atoms with Gasteiger partial charge in [0, 0.05) is 38.5 Å². The number of nitrogens with two attached hydrogens (primary N) is 1. The minimum Gasteiger partial charge on any atom is -0.383 e. The second-order valence-electron chi connectivity index (χ2n) is 5.66. The molecule has 2 N–H and O–H groups in total. The molecule has 1 aliphatic rings. The van der Waals surface area contributed by atoms with E-state index in [-0.39, 0.29) is 0 Å². The topological polar surface area (TPSA) is 41.7 Å². The van der Waals surface area contributed by atoms with Gasteiger partial charge in [0.15, 0.2) is 0 Å². The number of rotatable bonds is 8. The summed E-state index contributed by atoms with van der Waals surface area (Å²) in [7, 11) is 1.76. The highest BCUT2D eigenvalue weighted by Crippen LogP contribution is 2.34. The lowest BCUT2D eigenvalue weighted by molar-refractivity contribution is 0.0726. The predicted octanol–water partition coefficient (Wildman–Crippen LogP) is 2.13. The molecule has 0 radical (unpaired) electrons. The van der Waals surface area contributed by atoms with Crippen LogP contribution >= 0.6 is 11.8 Å². The molecule has 0 amide bonds. The molecule has 1 rings (SSSR count). The summed E-state index contributed by atoms with van der Waals surface area (Å²) in [5.41, 5.74) is 7.46. The molecule has 0 aliphatic carbocycles. The van der Waals surface area contributed by atoms with Crippen molar-refractivity contribution in [2.45, 2.75) is 39.2 Å². The molecule has 1 aliphatic heterocycles. The van der Waals surface area contributed by atoms with Crippen LogP contribution in [0.15, 0.2) is 11.1 Å². The molecule has 0 aromatic carbocycles. The maximum atomic E-state index is 5.86. The molecule has 0 aromatic rings. The Hall–Kier alpha value is -0.230. The van der Waals surface area contributed by atoms with Crippen molar-refractivity contribution >= 4 is 11.8 Å². The van der Waals surface area contributed by atoms with Crippen LogP contribution in [0.2, 0.25) is 0 Å². The van der Waals surface area contributed by atoms with Crippen LogP contribution < -0.4 is 5.73 Å². The smallest absolute Gasteiger partial charge is 0.134 e. The van der Waals surface area contributed by atoms with E-state index in [0.717, 1.165) is 19.7 Å². The zero-order chi connectivity index (χ0) is 14.4. The van der Waals surface area contributed by atoms with Crippen molar-refractivity contribution in [3.8, 4) is 0 Å². The van der Waals surface area contributed by atoms with Crippen LogP contribution in [0.1, 0.15) is 27.7 Å². The third kappa shape index (κ3) is 4.67. The van der Waals surface area contributed by atoms with Gasteiger partial charge in [0.1, 0.15) is 5.50 Å². The SMILES string of the molecule is COCCN(CC(C)C)C1SC=C(CN)N1C(C)C. The van der Waals surface area contributed by atoms with E-state index in [4.69, 9.17) is 10.5 Å². The lowest BCUT2D eigenvalue weighted by Crippen LogP contribution is -2.49. The van der Waals surface area contributed by atoms with E-state index >= 15 is 0 Å². The molecule has 19 heavy (non-hydrogen) atoms. The van der Waals surface area contributed by atoms with Crippen LogP contribution in [0, 0.1) is 5.92 Å². The summed E-state index contributed by atoms with van der Waals surface area (Å²) in [6.45, 7) is 12.4. The third-order valence-electron chi connectivity index (χ3n) is 3.16. The average molecular weight is 287 g/mol. The van der Waals surface area contributed by atoms with Gasteiger partial charge in [-0.1, -0.05) is 25.6 Å². The summed E-state index contributed by atoms with van der Waals surface area (Å²) < 4.78 is 5.25. The Labute approximate surface area is 122 Å². The molecule has 4 nitrogen and oxygen atoms in total. The Bertz CT molecular complexity index is 294. The third-order valence-corrected chi connectivity index (χ3v) is 4.33. The minimum atomic E-state index is 0.357. The van der Waals surface area contributed by atoms with Gasteiger partial charge in [-0.05, 0) is 25.2 Å². The van der Waals surface area contributed by atoms with Crippen LogP contribution in [-0.4, -0.2) is 54.7 Å². The molecule has 0 aromatic heterocycles. The molecular formula is C14H29N3OS. The Kier molecular flexibility index (Phi) is 7.21. The number of hydrogen-bond acceptors (Lipinski definition) is 5. The quantitative estimate of drug-likeness (QED) is 0.741. The van der Waals surface area contributed by atoms with Gasteiger partial charge in [-0.15, -0.1) is 0 Å². The van der Waals surface area contributed by atoms with E-state index in [9.17, 15) is 0 Å². The first-order valence-corrected chi connectivity index (χ1v) is 8.01. The van der Waals surface area contributed by atoms with E-state index in [1.165, 1.54) is 5.70 Å². The summed E-state index contributed by atoms with van der Waals surface area (Å²) in [6.07, 6.45) is 0. The number of hydrogen-bond donors (Lipinski definition) is 1. The number of nitrogens with zero attached hydrogens (tertiary/aromatic N) is 2. The second-order valence-corrected chi connectivity index (χ2v) is 6.59. The summed E-state index contributed by atoms with van der Waals surface area (Å²) >= 11 is 1.87. The molecule has 0 fully saturated rings. The van der Waals surface area contributed by atoms with Crippen LogP contribution in [0.25, 0.3) is 0 Å². The van der Waals surface area contributed by atoms with Gasteiger partial charge in [0.25, 0.3) is 0 Å². The summed E-state index contributed by atoms with van der Waals surface area (Å²) in [4.78, 5) is 4.93. The monoisotopic (exact) mass is 287 g/mol. The Morgan fingerprint density at radius 2 is 2.11 bits per heavy atom. The largest absolute Gasteiger partial charge is 0.383 e. The van der Waals surface area contributed by atoms with Crippen molar-refractivity contribution in [3.05, 3.63) is 11.1 Å². The maximum Gasteiger partial charge on any atom is 0.134 e. The van der Waals surface area contributed by atoms with Gasteiger partial charge >= 0.3 is 0 Å². The van der Waals surface area contributed by atoms with E-state index in [2.05, 4.69) is 42.9 Å². The van der Waals surface area contributed by atoms with Crippen LogP contribution in [-0.2, 0) is 4.74 Å². The zero-order valence-corrected chi connectivity index (χ0v) is 13.7. The van der Waals surface area contributed by atoms with Gasteiger partial charge in [0.2, 0.25) is 0 Å². The second kappa shape index (κ2) is 8.15. The predicted molar refractivity (Wildman–Crippen MR) is 83.8 cm³/mol. The van der Waals surface area contributed by atoms with E-state index < -0.39 is 0 Å². The van der Waals surface area contributed by atoms with Crippen molar-refractivity contribution < 1.29 is 4.74 Å². The number of ether oxygens (including phenoxy) is 1. The normalized spacial score (nSPS) is 19.9. The van der Waals surface area contributed by atoms with Crippen molar-refractivity contribution in [1.29, 1.82) is 0 Å². The zero-order valence-electron chi connectivity index (χ0n) is 12.9. The summed E-state index contributed by atoms with van der Waals surface area (Å²) in [5.74, 6) is 0.647. The maximum absolute atomic E-state index is 5.86. The van der Waals surface area contributed by atoms with Gasteiger partial charge < -0.3 is 15.4 Å². The standard InChI is InChI=1S/C14H29N3OS/c1-11(2)9-16(6-7-18-5)14-17(12(3)4)13(8-15)10-19-14/h10-12,14H,6-9,15H2,1-5H3.